The molecule has 1 aromatic rings. The molecule has 0 saturated carbocycles. The molecular formula is C10H11FOS. The molecule has 70 valence electrons. The van der Waals surface area contributed by atoms with E-state index in [1.54, 1.807) is 23.9 Å². The Labute approximate surface area is 81.6 Å². The highest BCUT2D eigenvalue weighted by Crippen LogP contribution is 2.24. The molecule has 13 heavy (non-hydrogen) atoms. The van der Waals surface area contributed by atoms with Gasteiger partial charge in [-0.1, -0.05) is 6.08 Å². The molecule has 0 heterocycles. The summed E-state index contributed by atoms with van der Waals surface area (Å²) in [6, 6.07) is 4.92. The second-order valence-electron chi connectivity index (χ2n) is 2.40. The Kier molecular flexibility index (Phi) is 3.83. The summed E-state index contributed by atoms with van der Waals surface area (Å²) in [5.74, 6) is 0.741. The van der Waals surface area contributed by atoms with E-state index >= 15 is 0 Å². The minimum absolute atomic E-state index is 0.281. The van der Waals surface area contributed by atoms with E-state index < -0.39 is 0 Å². The first-order valence-corrected chi connectivity index (χ1v) is 4.83. The number of methoxy groups -OCH3 is 1. The summed E-state index contributed by atoms with van der Waals surface area (Å²) in [6.45, 7) is 3.59. The van der Waals surface area contributed by atoms with E-state index in [4.69, 9.17) is 4.74 Å². The molecule has 0 N–H and O–H groups in total. The Morgan fingerprint density at radius 1 is 1.62 bits per heavy atom. The first kappa shape index (κ1) is 10.1. The van der Waals surface area contributed by atoms with Crippen molar-refractivity contribution in [2.75, 3.05) is 12.9 Å². The molecule has 0 unspecified atom stereocenters. The van der Waals surface area contributed by atoms with Crippen molar-refractivity contribution in [3.63, 3.8) is 0 Å². The van der Waals surface area contributed by atoms with Crippen molar-refractivity contribution in [3.05, 3.63) is 36.7 Å². The topological polar surface area (TPSA) is 9.23 Å². The fourth-order valence-corrected chi connectivity index (χ4v) is 1.55. The highest BCUT2D eigenvalue weighted by molar-refractivity contribution is 7.99. The van der Waals surface area contributed by atoms with Crippen LogP contribution in [-0.4, -0.2) is 12.9 Å². The number of benzene rings is 1. The van der Waals surface area contributed by atoms with Crippen LogP contribution in [-0.2, 0) is 0 Å². The average Bonchev–Trinajstić information content (AvgIpc) is 2.15. The largest absolute Gasteiger partial charge is 0.494 e. The molecule has 0 spiro atoms. The third kappa shape index (κ3) is 2.77. The van der Waals surface area contributed by atoms with Crippen LogP contribution < -0.4 is 4.74 Å². The van der Waals surface area contributed by atoms with Gasteiger partial charge in [-0.15, -0.1) is 18.3 Å². The van der Waals surface area contributed by atoms with Gasteiger partial charge in [0.05, 0.1) is 7.11 Å². The number of hydrogen-bond acceptors (Lipinski definition) is 2. The van der Waals surface area contributed by atoms with Crippen LogP contribution in [0.15, 0.2) is 35.7 Å². The molecule has 0 saturated heterocycles. The number of rotatable bonds is 4. The van der Waals surface area contributed by atoms with E-state index in [-0.39, 0.29) is 11.6 Å². The van der Waals surface area contributed by atoms with Crippen LogP contribution in [0.3, 0.4) is 0 Å². The molecule has 1 nitrogen and oxygen atoms in total. The quantitative estimate of drug-likeness (QED) is 0.543. The second kappa shape index (κ2) is 4.92. The molecule has 3 heteroatoms. The summed E-state index contributed by atoms with van der Waals surface area (Å²) >= 11 is 1.54. The molecule has 0 fully saturated rings. The molecule has 0 amide bonds. The number of ether oxygens (including phenoxy) is 1. The fourth-order valence-electron chi connectivity index (χ4n) is 0.892. The Bertz CT molecular complexity index is 299. The van der Waals surface area contributed by atoms with Gasteiger partial charge < -0.3 is 4.74 Å². The molecule has 0 atom stereocenters. The summed E-state index contributed by atoms with van der Waals surface area (Å²) in [6.07, 6.45) is 1.78. The normalized spacial score (nSPS) is 9.69. The van der Waals surface area contributed by atoms with Crippen LogP contribution in [0.4, 0.5) is 4.39 Å². The molecule has 0 bridgehead atoms. The van der Waals surface area contributed by atoms with Crippen molar-refractivity contribution in [1.29, 1.82) is 0 Å². The van der Waals surface area contributed by atoms with Crippen LogP contribution in [0, 0.1) is 5.82 Å². The van der Waals surface area contributed by atoms with Crippen molar-refractivity contribution in [3.8, 4) is 5.75 Å². The Morgan fingerprint density at radius 2 is 2.38 bits per heavy atom. The summed E-state index contributed by atoms with van der Waals surface area (Å²) in [5.41, 5.74) is 0. The molecule has 0 aliphatic heterocycles. The van der Waals surface area contributed by atoms with Gasteiger partial charge in [0.1, 0.15) is 0 Å². The smallest absolute Gasteiger partial charge is 0.166 e. The lowest BCUT2D eigenvalue weighted by atomic mass is 10.3. The maximum absolute atomic E-state index is 13.1. The highest BCUT2D eigenvalue weighted by Gasteiger charge is 2.02. The van der Waals surface area contributed by atoms with Gasteiger partial charge in [-0.05, 0) is 18.2 Å². The van der Waals surface area contributed by atoms with Crippen LogP contribution in [0.1, 0.15) is 0 Å². The van der Waals surface area contributed by atoms with E-state index in [9.17, 15) is 4.39 Å². The lowest BCUT2D eigenvalue weighted by molar-refractivity contribution is 0.385. The van der Waals surface area contributed by atoms with E-state index in [1.807, 2.05) is 6.07 Å². The van der Waals surface area contributed by atoms with Crippen molar-refractivity contribution >= 4 is 11.8 Å². The first-order valence-electron chi connectivity index (χ1n) is 3.85. The summed E-state index contributed by atoms with van der Waals surface area (Å²) in [5, 5.41) is 0. The summed E-state index contributed by atoms with van der Waals surface area (Å²) in [7, 11) is 1.45. The van der Waals surface area contributed by atoms with Crippen molar-refractivity contribution < 1.29 is 9.13 Å². The highest BCUT2D eigenvalue weighted by atomic mass is 32.2. The van der Waals surface area contributed by atoms with Crippen molar-refractivity contribution in [2.24, 2.45) is 0 Å². The summed E-state index contributed by atoms with van der Waals surface area (Å²) < 4.78 is 17.9. The Morgan fingerprint density at radius 3 is 2.92 bits per heavy atom. The van der Waals surface area contributed by atoms with E-state index in [1.165, 1.54) is 13.2 Å². The first-order chi connectivity index (χ1) is 6.27. The van der Waals surface area contributed by atoms with Gasteiger partial charge in [-0.2, -0.15) is 0 Å². The number of thioether (sulfide) groups is 1. The third-order valence-electron chi connectivity index (χ3n) is 1.49. The zero-order valence-corrected chi connectivity index (χ0v) is 8.23. The molecule has 0 radical (unpaired) electrons. The number of hydrogen-bond donors (Lipinski definition) is 0. The molecular weight excluding hydrogens is 187 g/mol. The second-order valence-corrected chi connectivity index (χ2v) is 3.49. The number of halogens is 1. The van der Waals surface area contributed by atoms with Gasteiger partial charge in [-0.3, -0.25) is 0 Å². The van der Waals surface area contributed by atoms with Gasteiger partial charge >= 0.3 is 0 Å². The average molecular weight is 198 g/mol. The molecule has 1 rings (SSSR count). The zero-order chi connectivity index (χ0) is 9.68. The third-order valence-corrected chi connectivity index (χ3v) is 2.48. The fraction of sp³-hybridized carbons (Fsp3) is 0.200. The van der Waals surface area contributed by atoms with Gasteiger partial charge in [0.15, 0.2) is 11.6 Å². The molecule has 0 aromatic heterocycles. The van der Waals surface area contributed by atoms with E-state index in [0.717, 1.165) is 10.6 Å². The Hall–Kier alpha value is -0.960. The van der Waals surface area contributed by atoms with Crippen LogP contribution in [0.2, 0.25) is 0 Å². The van der Waals surface area contributed by atoms with E-state index in [2.05, 4.69) is 6.58 Å². The SMILES string of the molecule is C=CCSc1ccc(OC)c(F)c1. The van der Waals surface area contributed by atoms with Crippen LogP contribution in [0.5, 0.6) is 5.75 Å². The maximum atomic E-state index is 13.1. The van der Waals surface area contributed by atoms with Gasteiger partial charge in [0.2, 0.25) is 0 Å². The minimum Gasteiger partial charge on any atom is -0.494 e. The zero-order valence-electron chi connectivity index (χ0n) is 7.42. The maximum Gasteiger partial charge on any atom is 0.166 e. The van der Waals surface area contributed by atoms with Crippen molar-refractivity contribution in [1.82, 2.24) is 0 Å². The summed E-state index contributed by atoms with van der Waals surface area (Å²) in [4.78, 5) is 0.887. The lowest BCUT2D eigenvalue weighted by Gasteiger charge is -2.03. The minimum atomic E-state index is -0.323. The van der Waals surface area contributed by atoms with Gasteiger partial charge in [0.25, 0.3) is 0 Å². The predicted molar refractivity (Wildman–Crippen MR) is 53.9 cm³/mol. The van der Waals surface area contributed by atoms with E-state index in [0.29, 0.717) is 0 Å². The standard InChI is InChI=1S/C10H11FOS/c1-3-6-13-8-4-5-10(12-2)9(11)7-8/h3-5,7H,1,6H2,2H3. The van der Waals surface area contributed by atoms with Crippen LogP contribution in [0.25, 0.3) is 0 Å². The monoisotopic (exact) mass is 198 g/mol. The van der Waals surface area contributed by atoms with Gasteiger partial charge in [-0.25, -0.2) is 4.39 Å². The Balaban J connectivity index is 2.76. The van der Waals surface area contributed by atoms with Gasteiger partial charge in [0, 0.05) is 10.6 Å². The molecule has 0 aliphatic rings. The lowest BCUT2D eigenvalue weighted by Crippen LogP contribution is -1.87. The molecule has 0 aliphatic carbocycles. The van der Waals surface area contributed by atoms with Crippen LogP contribution >= 0.6 is 11.8 Å². The predicted octanol–water partition coefficient (Wildman–Crippen LogP) is 3.11. The molecule has 1 aromatic carbocycles. The van der Waals surface area contributed by atoms with Crippen molar-refractivity contribution in [2.45, 2.75) is 4.90 Å².